The summed E-state index contributed by atoms with van der Waals surface area (Å²) >= 11 is 2.20. The largest absolute Gasteiger partial charge is 0.482 e. The van der Waals surface area contributed by atoms with Gasteiger partial charge in [0, 0.05) is 14.1 Å². The van der Waals surface area contributed by atoms with Gasteiger partial charge in [-0.1, -0.05) is 0 Å². The zero-order chi connectivity index (χ0) is 15.1. The minimum atomic E-state index is -0.933. The zero-order valence-corrected chi connectivity index (χ0v) is 14.4. The van der Waals surface area contributed by atoms with E-state index in [-0.39, 0.29) is 6.10 Å². The van der Waals surface area contributed by atoms with E-state index in [2.05, 4.69) is 32.7 Å². The lowest BCUT2D eigenvalue weighted by Gasteiger charge is -2.28. The monoisotopic (exact) mass is 390 g/mol. The van der Waals surface area contributed by atoms with Crippen LogP contribution < -0.4 is 9.64 Å². The molecule has 0 aliphatic rings. The van der Waals surface area contributed by atoms with Crippen LogP contribution >= 0.6 is 22.6 Å². The Balaban J connectivity index is 2.48. The highest BCUT2D eigenvalue weighted by Crippen LogP contribution is 2.29. The molecule has 0 unspecified atom stereocenters. The van der Waals surface area contributed by atoms with Gasteiger partial charge in [-0.3, -0.25) is 0 Å². The van der Waals surface area contributed by atoms with Crippen LogP contribution in [0.2, 0.25) is 0 Å². The van der Waals surface area contributed by atoms with Crippen LogP contribution in [0, 0.1) is 3.57 Å². The van der Waals surface area contributed by atoms with Crippen molar-refractivity contribution in [2.45, 2.75) is 32.5 Å². The average Bonchev–Trinajstić information content (AvgIpc) is 2.68. The number of aromatic nitrogens is 3. The van der Waals surface area contributed by atoms with Crippen LogP contribution in [0.15, 0.2) is 12.4 Å². The van der Waals surface area contributed by atoms with Crippen LogP contribution in [0.25, 0.3) is 5.65 Å². The molecule has 0 bridgehead atoms. The summed E-state index contributed by atoms with van der Waals surface area (Å²) in [6.07, 6.45) is 3.18. The second-order valence-electron chi connectivity index (χ2n) is 5.50. The molecule has 6 nitrogen and oxygen atoms in total. The van der Waals surface area contributed by atoms with Crippen molar-refractivity contribution in [3.63, 3.8) is 0 Å². The standard InChI is InChI=1S/C13H19IN4O2/c1-8(13(2,3)19)20-10-7-18-11(9(14)6-15-18)16-12(10)17(4)5/h6-8,19H,1-5H3/t8-/m1/s1. The number of ether oxygens (including phenoxy) is 1. The summed E-state index contributed by atoms with van der Waals surface area (Å²) in [4.78, 5) is 6.47. The van der Waals surface area contributed by atoms with E-state index in [0.29, 0.717) is 11.6 Å². The van der Waals surface area contributed by atoms with Gasteiger partial charge in [-0.05, 0) is 43.4 Å². The van der Waals surface area contributed by atoms with E-state index < -0.39 is 5.60 Å². The van der Waals surface area contributed by atoms with E-state index in [4.69, 9.17) is 4.74 Å². The number of aliphatic hydroxyl groups is 1. The summed E-state index contributed by atoms with van der Waals surface area (Å²) in [7, 11) is 3.81. The normalized spacial score (nSPS) is 13.6. The molecule has 2 rings (SSSR count). The fraction of sp³-hybridized carbons (Fsp3) is 0.538. The van der Waals surface area contributed by atoms with E-state index in [1.54, 1.807) is 30.8 Å². The Bertz CT molecular complexity index is 619. The van der Waals surface area contributed by atoms with E-state index in [9.17, 15) is 5.11 Å². The third-order valence-corrected chi connectivity index (χ3v) is 3.88. The summed E-state index contributed by atoms with van der Waals surface area (Å²) < 4.78 is 8.53. The number of fused-ring (bicyclic) bond motifs is 1. The number of nitrogens with zero attached hydrogens (tertiary/aromatic N) is 4. The molecule has 2 heterocycles. The molecule has 1 N–H and O–H groups in total. The minimum absolute atomic E-state index is 0.366. The van der Waals surface area contributed by atoms with Crippen molar-refractivity contribution in [1.29, 1.82) is 0 Å². The summed E-state index contributed by atoms with van der Waals surface area (Å²) in [5.41, 5.74) is -0.144. The maximum atomic E-state index is 10.0. The molecule has 110 valence electrons. The number of hydrogen-bond donors (Lipinski definition) is 1. The van der Waals surface area contributed by atoms with Gasteiger partial charge < -0.3 is 14.7 Å². The predicted octanol–water partition coefficient (Wildman–Crippen LogP) is 1.94. The van der Waals surface area contributed by atoms with Crippen molar-refractivity contribution in [2.24, 2.45) is 0 Å². The Kier molecular flexibility index (Phi) is 4.10. The van der Waals surface area contributed by atoms with Crippen molar-refractivity contribution in [1.82, 2.24) is 14.6 Å². The van der Waals surface area contributed by atoms with Gasteiger partial charge in [-0.15, -0.1) is 0 Å². The number of anilines is 1. The molecule has 7 heteroatoms. The third-order valence-electron chi connectivity index (χ3n) is 3.12. The lowest BCUT2D eigenvalue weighted by Crippen LogP contribution is -2.38. The highest BCUT2D eigenvalue weighted by atomic mass is 127. The zero-order valence-electron chi connectivity index (χ0n) is 12.3. The number of hydrogen-bond acceptors (Lipinski definition) is 5. The first-order chi connectivity index (χ1) is 9.20. The first-order valence-electron chi connectivity index (χ1n) is 6.30. The second-order valence-corrected chi connectivity index (χ2v) is 6.66. The second kappa shape index (κ2) is 5.36. The van der Waals surface area contributed by atoms with Gasteiger partial charge in [0.1, 0.15) is 6.10 Å². The van der Waals surface area contributed by atoms with Gasteiger partial charge in [0.15, 0.2) is 17.2 Å². The molecule has 0 aliphatic heterocycles. The molecule has 0 saturated carbocycles. The molecule has 0 fully saturated rings. The quantitative estimate of drug-likeness (QED) is 0.809. The average molecular weight is 390 g/mol. The van der Waals surface area contributed by atoms with Gasteiger partial charge >= 0.3 is 0 Å². The first-order valence-corrected chi connectivity index (χ1v) is 7.38. The summed E-state index contributed by atoms with van der Waals surface area (Å²) in [5.74, 6) is 1.31. The fourth-order valence-corrected chi connectivity index (χ4v) is 2.09. The minimum Gasteiger partial charge on any atom is -0.482 e. The Morgan fingerprint density at radius 3 is 2.65 bits per heavy atom. The van der Waals surface area contributed by atoms with Crippen molar-refractivity contribution < 1.29 is 9.84 Å². The van der Waals surface area contributed by atoms with Gasteiger partial charge in [0.25, 0.3) is 0 Å². The van der Waals surface area contributed by atoms with Crippen molar-refractivity contribution in [3.8, 4) is 5.75 Å². The molecule has 0 amide bonds. The van der Waals surface area contributed by atoms with Crippen LogP contribution in [-0.4, -0.2) is 45.5 Å². The summed E-state index contributed by atoms with van der Waals surface area (Å²) in [6.45, 7) is 5.27. The molecular formula is C13H19IN4O2. The Morgan fingerprint density at radius 2 is 2.10 bits per heavy atom. The third kappa shape index (κ3) is 2.98. The van der Waals surface area contributed by atoms with Gasteiger partial charge in [0.05, 0.1) is 21.6 Å². The highest BCUT2D eigenvalue weighted by molar-refractivity contribution is 14.1. The molecule has 0 aromatic carbocycles. The molecule has 0 aliphatic carbocycles. The SMILES string of the molecule is C[C@@H](Oc1cn2ncc(I)c2nc1N(C)C)C(C)(C)O. The molecular weight excluding hydrogens is 371 g/mol. The Morgan fingerprint density at radius 1 is 1.45 bits per heavy atom. The Labute approximate surface area is 131 Å². The van der Waals surface area contributed by atoms with Crippen LogP contribution in [0.3, 0.4) is 0 Å². The van der Waals surface area contributed by atoms with Crippen molar-refractivity contribution in [2.75, 3.05) is 19.0 Å². The molecule has 2 aromatic heterocycles. The van der Waals surface area contributed by atoms with E-state index >= 15 is 0 Å². The van der Waals surface area contributed by atoms with Crippen LogP contribution in [0.1, 0.15) is 20.8 Å². The fourth-order valence-electron chi connectivity index (χ4n) is 1.60. The lowest BCUT2D eigenvalue weighted by molar-refractivity contribution is -0.0242. The van der Waals surface area contributed by atoms with E-state index in [0.717, 1.165) is 9.22 Å². The molecule has 2 aromatic rings. The molecule has 0 saturated heterocycles. The molecule has 0 spiro atoms. The maximum absolute atomic E-state index is 10.0. The van der Waals surface area contributed by atoms with Crippen LogP contribution in [0.4, 0.5) is 5.82 Å². The van der Waals surface area contributed by atoms with Gasteiger partial charge in [0.2, 0.25) is 0 Å². The van der Waals surface area contributed by atoms with E-state index in [1.807, 2.05) is 25.9 Å². The van der Waals surface area contributed by atoms with Gasteiger partial charge in [-0.25, -0.2) is 9.50 Å². The molecule has 0 radical (unpaired) electrons. The molecule has 1 atom stereocenters. The Hall–Kier alpha value is -1.09. The maximum Gasteiger partial charge on any atom is 0.180 e. The smallest absolute Gasteiger partial charge is 0.180 e. The highest BCUT2D eigenvalue weighted by Gasteiger charge is 2.26. The first kappa shape index (κ1) is 15.3. The topological polar surface area (TPSA) is 62.9 Å². The summed E-state index contributed by atoms with van der Waals surface area (Å²) in [5, 5.41) is 14.2. The van der Waals surface area contributed by atoms with Gasteiger partial charge in [-0.2, -0.15) is 5.10 Å². The molecule has 20 heavy (non-hydrogen) atoms. The van der Waals surface area contributed by atoms with Crippen molar-refractivity contribution >= 4 is 34.1 Å². The predicted molar refractivity (Wildman–Crippen MR) is 86.4 cm³/mol. The number of halogens is 1. The van der Waals surface area contributed by atoms with Crippen LogP contribution in [0.5, 0.6) is 5.75 Å². The number of rotatable bonds is 4. The van der Waals surface area contributed by atoms with Crippen LogP contribution in [-0.2, 0) is 0 Å². The van der Waals surface area contributed by atoms with Crippen molar-refractivity contribution in [3.05, 3.63) is 16.0 Å². The lowest BCUT2D eigenvalue weighted by atomic mass is 10.0. The van der Waals surface area contributed by atoms with E-state index in [1.165, 1.54) is 0 Å². The summed E-state index contributed by atoms with van der Waals surface area (Å²) in [6, 6.07) is 0.